The number of hydrogen-bond donors (Lipinski definition) is 0. The minimum absolute atomic E-state index is 0.566. The molecule has 0 bridgehead atoms. The van der Waals surface area contributed by atoms with Crippen LogP contribution in [0.15, 0.2) is 24.3 Å². The van der Waals surface area contributed by atoms with Gasteiger partial charge in [-0.15, -0.1) is 0 Å². The van der Waals surface area contributed by atoms with Gasteiger partial charge < -0.3 is 0 Å². The predicted octanol–water partition coefficient (Wildman–Crippen LogP) is 2.45. The molecule has 1 aromatic carbocycles. The number of benzene rings is 1. The van der Waals surface area contributed by atoms with Crippen molar-refractivity contribution < 1.29 is 0 Å². The van der Waals surface area contributed by atoms with Crippen molar-refractivity contribution in [2.24, 2.45) is 0 Å². The van der Waals surface area contributed by atoms with Crippen molar-refractivity contribution in [2.75, 3.05) is 32.7 Å². The van der Waals surface area contributed by atoms with Gasteiger partial charge in [0.2, 0.25) is 0 Å². The molecule has 0 amide bonds. The first-order chi connectivity index (χ1) is 9.19. The first-order valence-electron chi connectivity index (χ1n) is 7.09. The van der Waals surface area contributed by atoms with E-state index in [1.54, 1.807) is 0 Å². The number of rotatable bonds is 4. The van der Waals surface area contributed by atoms with E-state index in [4.69, 9.17) is 5.26 Å². The van der Waals surface area contributed by atoms with Gasteiger partial charge in [-0.05, 0) is 17.0 Å². The lowest BCUT2D eigenvalue weighted by Crippen LogP contribution is -2.45. The highest BCUT2D eigenvalue weighted by atomic mass is 15.3. The normalized spacial score (nSPS) is 17.6. The van der Waals surface area contributed by atoms with Gasteiger partial charge in [0.1, 0.15) is 0 Å². The van der Waals surface area contributed by atoms with E-state index in [1.165, 1.54) is 11.1 Å². The molecule has 1 aromatic rings. The molecule has 1 aliphatic rings. The zero-order valence-electron chi connectivity index (χ0n) is 12.0. The van der Waals surface area contributed by atoms with Crippen molar-refractivity contribution in [3.63, 3.8) is 0 Å². The van der Waals surface area contributed by atoms with Crippen molar-refractivity contribution in [1.82, 2.24) is 9.80 Å². The van der Waals surface area contributed by atoms with Crippen LogP contribution in [0.4, 0.5) is 0 Å². The third-order valence-electron chi connectivity index (χ3n) is 3.81. The standard InChI is InChI=1S/C16H23N3/c1-14(2)16-5-3-15(4-6-16)13-19-11-9-18(8-7-17)10-12-19/h3-6,14H,8-13H2,1-2H3. The van der Waals surface area contributed by atoms with Crippen LogP contribution in [0.3, 0.4) is 0 Å². The summed E-state index contributed by atoms with van der Waals surface area (Å²) >= 11 is 0. The highest BCUT2D eigenvalue weighted by Gasteiger charge is 2.16. The first kappa shape index (κ1) is 14.0. The van der Waals surface area contributed by atoms with E-state index in [0.717, 1.165) is 32.7 Å². The highest BCUT2D eigenvalue weighted by Crippen LogP contribution is 2.16. The van der Waals surface area contributed by atoms with Crippen LogP contribution in [0.2, 0.25) is 0 Å². The first-order valence-corrected chi connectivity index (χ1v) is 7.09. The zero-order valence-corrected chi connectivity index (χ0v) is 12.0. The van der Waals surface area contributed by atoms with Crippen LogP contribution in [-0.2, 0) is 6.54 Å². The van der Waals surface area contributed by atoms with E-state index in [2.05, 4.69) is 54.0 Å². The average Bonchev–Trinajstić information content (AvgIpc) is 2.42. The van der Waals surface area contributed by atoms with Crippen molar-refractivity contribution in [3.05, 3.63) is 35.4 Å². The Bertz CT molecular complexity index is 422. The molecule has 1 saturated heterocycles. The SMILES string of the molecule is CC(C)c1ccc(CN2CCN(CC#N)CC2)cc1. The molecule has 0 N–H and O–H groups in total. The lowest BCUT2D eigenvalue weighted by Gasteiger charge is -2.33. The molecule has 0 atom stereocenters. The van der Waals surface area contributed by atoms with Gasteiger partial charge in [0.25, 0.3) is 0 Å². The number of hydrogen-bond acceptors (Lipinski definition) is 3. The maximum Gasteiger partial charge on any atom is 0.0866 e. The van der Waals surface area contributed by atoms with Crippen LogP contribution < -0.4 is 0 Å². The number of nitriles is 1. The summed E-state index contributed by atoms with van der Waals surface area (Å²) < 4.78 is 0. The van der Waals surface area contributed by atoms with Gasteiger partial charge in [-0.2, -0.15) is 5.26 Å². The average molecular weight is 257 g/mol. The van der Waals surface area contributed by atoms with Gasteiger partial charge in [0.15, 0.2) is 0 Å². The highest BCUT2D eigenvalue weighted by molar-refractivity contribution is 5.24. The smallest absolute Gasteiger partial charge is 0.0866 e. The third-order valence-corrected chi connectivity index (χ3v) is 3.81. The van der Waals surface area contributed by atoms with Crippen molar-refractivity contribution in [1.29, 1.82) is 5.26 Å². The summed E-state index contributed by atoms with van der Waals surface area (Å²) in [5, 5.41) is 8.69. The lowest BCUT2D eigenvalue weighted by molar-refractivity contribution is 0.138. The second-order valence-electron chi connectivity index (χ2n) is 5.61. The Morgan fingerprint density at radius 1 is 1.05 bits per heavy atom. The molecule has 0 radical (unpaired) electrons. The predicted molar refractivity (Wildman–Crippen MR) is 77.9 cm³/mol. The third kappa shape index (κ3) is 4.05. The minimum atomic E-state index is 0.566. The molecule has 102 valence electrons. The van der Waals surface area contributed by atoms with Crippen molar-refractivity contribution in [2.45, 2.75) is 26.3 Å². The lowest BCUT2D eigenvalue weighted by atomic mass is 10.0. The number of nitrogens with zero attached hydrogens (tertiary/aromatic N) is 3. The molecule has 3 nitrogen and oxygen atoms in total. The summed E-state index contributed by atoms with van der Waals surface area (Å²) in [6.07, 6.45) is 0. The minimum Gasteiger partial charge on any atom is -0.297 e. The van der Waals surface area contributed by atoms with E-state index in [1.807, 2.05) is 0 Å². The fourth-order valence-corrected chi connectivity index (χ4v) is 2.47. The molecule has 1 fully saturated rings. The van der Waals surface area contributed by atoms with E-state index in [0.29, 0.717) is 12.5 Å². The van der Waals surface area contributed by atoms with E-state index in [-0.39, 0.29) is 0 Å². The largest absolute Gasteiger partial charge is 0.297 e. The fourth-order valence-electron chi connectivity index (χ4n) is 2.47. The molecule has 0 unspecified atom stereocenters. The van der Waals surface area contributed by atoms with Crippen LogP contribution in [0.1, 0.15) is 30.9 Å². The quantitative estimate of drug-likeness (QED) is 0.776. The molecule has 3 heteroatoms. The Labute approximate surface area is 116 Å². The fraction of sp³-hybridized carbons (Fsp3) is 0.562. The van der Waals surface area contributed by atoms with Crippen LogP contribution in [-0.4, -0.2) is 42.5 Å². The van der Waals surface area contributed by atoms with Gasteiger partial charge in [0, 0.05) is 32.7 Å². The molecule has 19 heavy (non-hydrogen) atoms. The Morgan fingerprint density at radius 2 is 1.63 bits per heavy atom. The summed E-state index contributed by atoms with van der Waals surface area (Å²) in [5.74, 6) is 0.601. The molecule has 0 saturated carbocycles. The number of piperazine rings is 1. The Kier molecular flexibility index (Phi) is 4.95. The molecule has 0 aliphatic carbocycles. The van der Waals surface area contributed by atoms with Crippen LogP contribution in [0, 0.1) is 11.3 Å². The summed E-state index contributed by atoms with van der Waals surface area (Å²) in [6.45, 7) is 10.2. The second-order valence-corrected chi connectivity index (χ2v) is 5.61. The Morgan fingerprint density at radius 3 is 2.16 bits per heavy atom. The van der Waals surface area contributed by atoms with Crippen LogP contribution in [0.5, 0.6) is 0 Å². The molecule has 2 rings (SSSR count). The van der Waals surface area contributed by atoms with Gasteiger partial charge in [-0.25, -0.2) is 0 Å². The monoisotopic (exact) mass is 257 g/mol. The summed E-state index contributed by atoms with van der Waals surface area (Å²) in [6, 6.07) is 11.2. The zero-order chi connectivity index (χ0) is 13.7. The van der Waals surface area contributed by atoms with E-state index < -0.39 is 0 Å². The summed E-state index contributed by atoms with van der Waals surface area (Å²) in [7, 11) is 0. The maximum absolute atomic E-state index is 8.69. The van der Waals surface area contributed by atoms with Crippen molar-refractivity contribution >= 4 is 0 Å². The van der Waals surface area contributed by atoms with E-state index >= 15 is 0 Å². The molecule has 0 aromatic heterocycles. The summed E-state index contributed by atoms with van der Waals surface area (Å²) in [4.78, 5) is 4.69. The van der Waals surface area contributed by atoms with Gasteiger partial charge in [0.05, 0.1) is 12.6 Å². The molecule has 1 aliphatic heterocycles. The molecule has 0 spiro atoms. The van der Waals surface area contributed by atoms with Gasteiger partial charge in [-0.3, -0.25) is 9.80 Å². The summed E-state index contributed by atoms with van der Waals surface area (Å²) in [5.41, 5.74) is 2.79. The maximum atomic E-state index is 8.69. The second kappa shape index (κ2) is 6.70. The van der Waals surface area contributed by atoms with E-state index in [9.17, 15) is 0 Å². The Hall–Kier alpha value is -1.37. The topological polar surface area (TPSA) is 30.3 Å². The van der Waals surface area contributed by atoms with Gasteiger partial charge in [-0.1, -0.05) is 38.1 Å². The van der Waals surface area contributed by atoms with Gasteiger partial charge >= 0.3 is 0 Å². The Balaban J connectivity index is 1.84. The molecular weight excluding hydrogens is 234 g/mol. The van der Waals surface area contributed by atoms with Crippen LogP contribution in [0.25, 0.3) is 0 Å². The van der Waals surface area contributed by atoms with Crippen molar-refractivity contribution in [3.8, 4) is 6.07 Å². The van der Waals surface area contributed by atoms with Crippen LogP contribution >= 0.6 is 0 Å². The molecular formula is C16H23N3. The molecule has 1 heterocycles.